The number of H-pyrrole nitrogens is 1. The first-order valence-electron chi connectivity index (χ1n) is 8.05. The summed E-state index contributed by atoms with van der Waals surface area (Å²) in [5.41, 5.74) is 0. The van der Waals surface area contributed by atoms with Gasteiger partial charge in [0.05, 0.1) is 6.61 Å². The number of nitrogens with one attached hydrogen (secondary N) is 1. The van der Waals surface area contributed by atoms with E-state index in [0.717, 1.165) is 31.7 Å². The highest BCUT2D eigenvalue weighted by Crippen LogP contribution is 2.35. The van der Waals surface area contributed by atoms with Gasteiger partial charge in [0.1, 0.15) is 0 Å². The van der Waals surface area contributed by atoms with Crippen molar-refractivity contribution < 1.29 is 14.1 Å². The molecule has 0 bridgehead atoms. The molecular weight excluding hydrogens is 300 g/mol. The summed E-state index contributed by atoms with van der Waals surface area (Å²) in [6, 6.07) is 1.02. The molecule has 0 saturated heterocycles. The highest BCUT2D eigenvalue weighted by molar-refractivity contribution is 6.76. The summed E-state index contributed by atoms with van der Waals surface area (Å²) in [7, 11) is -1.14. The highest BCUT2D eigenvalue weighted by atomic mass is 28.3. The van der Waals surface area contributed by atoms with Crippen molar-refractivity contribution in [1.29, 1.82) is 0 Å². The van der Waals surface area contributed by atoms with Gasteiger partial charge in [-0.25, -0.2) is 4.79 Å². The van der Waals surface area contributed by atoms with Crippen molar-refractivity contribution in [1.82, 2.24) is 10.1 Å². The third-order valence-electron chi connectivity index (χ3n) is 4.26. The minimum atomic E-state index is -1.14. The standard InChI is InChI=1S/C15H26N2O4Si/c1-22(2,3)9-8-20-13(18)10-11-4-6-12(7-5-11)14-16-15(19)21-17-14/h11-12H,4-10H2,1-3H3,(H,16,17,19). The third kappa shape index (κ3) is 5.44. The van der Waals surface area contributed by atoms with E-state index < -0.39 is 13.8 Å². The quantitative estimate of drug-likeness (QED) is 0.642. The maximum atomic E-state index is 11.9. The van der Waals surface area contributed by atoms with Crippen LogP contribution >= 0.6 is 0 Å². The molecule has 7 heteroatoms. The Bertz CT molecular complexity index is 538. The van der Waals surface area contributed by atoms with E-state index in [-0.39, 0.29) is 11.9 Å². The fraction of sp³-hybridized carbons (Fsp3) is 0.800. The second kappa shape index (κ2) is 7.26. The summed E-state index contributed by atoms with van der Waals surface area (Å²) in [5.74, 6) is 0.695. The molecule has 1 aliphatic rings. The van der Waals surface area contributed by atoms with E-state index in [1.807, 2.05) is 0 Å². The Hall–Kier alpha value is -1.37. The Kier molecular flexibility index (Phi) is 5.61. The van der Waals surface area contributed by atoms with Gasteiger partial charge in [-0.1, -0.05) is 24.8 Å². The van der Waals surface area contributed by atoms with Crippen LogP contribution < -0.4 is 5.76 Å². The number of carbonyl (C=O) groups excluding carboxylic acids is 1. The first-order valence-corrected chi connectivity index (χ1v) is 11.8. The molecule has 1 N–H and O–H groups in total. The van der Waals surface area contributed by atoms with Gasteiger partial charge < -0.3 is 4.74 Å². The van der Waals surface area contributed by atoms with Gasteiger partial charge in [0.25, 0.3) is 0 Å². The van der Waals surface area contributed by atoms with Crippen molar-refractivity contribution in [3.8, 4) is 0 Å². The first-order chi connectivity index (χ1) is 10.3. The van der Waals surface area contributed by atoms with Crippen LogP contribution in [0.3, 0.4) is 0 Å². The van der Waals surface area contributed by atoms with Crippen molar-refractivity contribution >= 4 is 14.0 Å². The molecule has 1 heterocycles. The number of nitrogens with zero attached hydrogens (tertiary/aromatic N) is 1. The van der Waals surface area contributed by atoms with Crippen molar-refractivity contribution in [2.45, 2.75) is 63.7 Å². The average Bonchev–Trinajstić information content (AvgIpc) is 2.85. The molecule has 2 rings (SSSR count). The fourth-order valence-corrected chi connectivity index (χ4v) is 3.54. The molecule has 0 aromatic carbocycles. The van der Waals surface area contributed by atoms with Crippen LogP contribution in [0.1, 0.15) is 43.8 Å². The lowest BCUT2D eigenvalue weighted by Gasteiger charge is -2.26. The second-order valence-electron chi connectivity index (χ2n) is 7.43. The van der Waals surface area contributed by atoms with Crippen LogP contribution in [0.2, 0.25) is 25.7 Å². The second-order valence-corrected chi connectivity index (χ2v) is 13.1. The van der Waals surface area contributed by atoms with Crippen molar-refractivity contribution in [2.75, 3.05) is 6.61 Å². The van der Waals surface area contributed by atoms with Gasteiger partial charge >= 0.3 is 11.7 Å². The number of aromatic amines is 1. The van der Waals surface area contributed by atoms with Crippen LogP contribution in [0.4, 0.5) is 0 Å². The largest absolute Gasteiger partial charge is 0.466 e. The number of hydrogen-bond acceptors (Lipinski definition) is 5. The van der Waals surface area contributed by atoms with E-state index in [4.69, 9.17) is 4.74 Å². The van der Waals surface area contributed by atoms with Gasteiger partial charge in [0.15, 0.2) is 5.82 Å². The molecule has 1 aromatic heterocycles. The summed E-state index contributed by atoms with van der Waals surface area (Å²) in [5, 5.41) is 3.76. The maximum Gasteiger partial charge on any atom is 0.438 e. The van der Waals surface area contributed by atoms with E-state index in [9.17, 15) is 9.59 Å². The van der Waals surface area contributed by atoms with Crippen LogP contribution in [-0.4, -0.2) is 30.8 Å². The zero-order chi connectivity index (χ0) is 16.2. The minimum Gasteiger partial charge on any atom is -0.466 e. The number of rotatable bonds is 6. The molecule has 1 aliphatic carbocycles. The number of esters is 1. The molecular formula is C15H26N2O4Si. The van der Waals surface area contributed by atoms with Gasteiger partial charge in [-0.3, -0.25) is 14.3 Å². The fourth-order valence-electron chi connectivity index (χ4n) is 2.82. The van der Waals surface area contributed by atoms with Gasteiger partial charge in [-0.2, -0.15) is 0 Å². The highest BCUT2D eigenvalue weighted by Gasteiger charge is 2.27. The zero-order valence-corrected chi connectivity index (χ0v) is 14.7. The number of hydrogen-bond donors (Lipinski definition) is 1. The van der Waals surface area contributed by atoms with E-state index >= 15 is 0 Å². The van der Waals surface area contributed by atoms with Gasteiger partial charge in [0, 0.05) is 20.4 Å². The molecule has 1 fully saturated rings. The SMILES string of the molecule is C[Si](C)(C)CCOC(=O)CC1CCC(c2noc(=O)[nH]2)CC1. The molecule has 0 amide bonds. The maximum absolute atomic E-state index is 11.9. The molecule has 6 nitrogen and oxygen atoms in total. The molecule has 0 radical (unpaired) electrons. The molecule has 0 aliphatic heterocycles. The van der Waals surface area contributed by atoms with E-state index in [2.05, 4.69) is 34.3 Å². The molecule has 0 unspecified atom stereocenters. The predicted octanol–water partition coefficient (Wildman–Crippen LogP) is 2.91. The van der Waals surface area contributed by atoms with E-state index in [0.29, 0.717) is 24.8 Å². The average molecular weight is 326 g/mol. The Morgan fingerprint density at radius 1 is 1.32 bits per heavy atom. The first kappa shape index (κ1) is 17.0. The van der Waals surface area contributed by atoms with E-state index in [1.54, 1.807) is 0 Å². The van der Waals surface area contributed by atoms with Crippen LogP contribution in [-0.2, 0) is 9.53 Å². The van der Waals surface area contributed by atoms with Gasteiger partial charge in [0.2, 0.25) is 0 Å². The van der Waals surface area contributed by atoms with E-state index in [1.165, 1.54) is 0 Å². The zero-order valence-electron chi connectivity index (χ0n) is 13.7. The Balaban J connectivity index is 1.68. The Labute approximate surface area is 131 Å². The van der Waals surface area contributed by atoms with Crippen molar-refractivity contribution in [2.24, 2.45) is 5.92 Å². The molecule has 1 saturated carbocycles. The molecule has 124 valence electrons. The van der Waals surface area contributed by atoms with Gasteiger partial charge in [-0.05, 0) is 37.6 Å². The predicted molar refractivity (Wildman–Crippen MR) is 85.6 cm³/mol. The minimum absolute atomic E-state index is 0.0726. The van der Waals surface area contributed by atoms with Crippen molar-refractivity contribution in [3.63, 3.8) is 0 Å². The van der Waals surface area contributed by atoms with Gasteiger partial charge in [-0.15, -0.1) is 0 Å². The lowest BCUT2D eigenvalue weighted by molar-refractivity contribution is -0.144. The summed E-state index contributed by atoms with van der Waals surface area (Å²) < 4.78 is 9.91. The van der Waals surface area contributed by atoms with Crippen LogP contribution in [0, 0.1) is 5.92 Å². The number of aromatic nitrogens is 2. The monoisotopic (exact) mass is 326 g/mol. The molecule has 1 aromatic rings. The van der Waals surface area contributed by atoms with Crippen LogP contribution in [0.25, 0.3) is 0 Å². The van der Waals surface area contributed by atoms with Crippen LogP contribution in [0.5, 0.6) is 0 Å². The summed E-state index contributed by atoms with van der Waals surface area (Å²) >= 11 is 0. The molecule has 0 spiro atoms. The lowest BCUT2D eigenvalue weighted by atomic mass is 9.80. The van der Waals surface area contributed by atoms with Crippen LogP contribution in [0.15, 0.2) is 9.32 Å². The Morgan fingerprint density at radius 3 is 2.55 bits per heavy atom. The number of carbonyl (C=O) groups is 1. The number of ether oxygens (including phenoxy) is 1. The molecule has 0 atom stereocenters. The third-order valence-corrected chi connectivity index (χ3v) is 5.97. The summed E-state index contributed by atoms with van der Waals surface area (Å²) in [6.45, 7) is 7.38. The lowest BCUT2D eigenvalue weighted by Crippen LogP contribution is -2.24. The van der Waals surface area contributed by atoms with Crippen molar-refractivity contribution in [3.05, 3.63) is 16.4 Å². The summed E-state index contributed by atoms with van der Waals surface area (Å²) in [6.07, 6.45) is 4.28. The molecule has 22 heavy (non-hydrogen) atoms. The normalized spacial score (nSPS) is 22.5. The topological polar surface area (TPSA) is 85.2 Å². The summed E-state index contributed by atoms with van der Waals surface area (Å²) in [4.78, 5) is 25.5. The smallest absolute Gasteiger partial charge is 0.438 e. The Morgan fingerprint density at radius 2 is 2.00 bits per heavy atom.